The third-order valence-corrected chi connectivity index (χ3v) is 5.91. The van der Waals surface area contributed by atoms with Crippen LogP contribution in [0.2, 0.25) is 0 Å². The fraction of sp³-hybridized carbons (Fsp3) is 0.600. The van der Waals surface area contributed by atoms with Crippen molar-refractivity contribution in [2.45, 2.75) is 44.3 Å². The summed E-state index contributed by atoms with van der Waals surface area (Å²) in [6, 6.07) is 3.48. The van der Waals surface area contributed by atoms with Crippen molar-refractivity contribution in [1.82, 2.24) is 4.72 Å². The van der Waals surface area contributed by atoms with Crippen molar-refractivity contribution in [2.75, 3.05) is 19.4 Å². The molecule has 0 unspecified atom stereocenters. The van der Waals surface area contributed by atoms with Crippen LogP contribution >= 0.6 is 11.8 Å². The van der Waals surface area contributed by atoms with E-state index in [0.717, 1.165) is 5.75 Å². The summed E-state index contributed by atoms with van der Waals surface area (Å²) in [5.74, 6) is 1.42. The number of thioether (sulfide) groups is 1. The van der Waals surface area contributed by atoms with Gasteiger partial charge in [-0.1, -0.05) is 20.8 Å². The predicted octanol–water partition coefficient (Wildman–Crippen LogP) is 3.12. The second kappa shape index (κ2) is 7.03. The van der Waals surface area contributed by atoms with E-state index in [9.17, 15) is 8.42 Å². The molecule has 0 aliphatic rings. The number of aryl methyl sites for hydroxylation is 2. The number of methoxy groups -OCH3 is 1. The van der Waals surface area contributed by atoms with Crippen LogP contribution < -0.4 is 9.46 Å². The molecule has 1 N–H and O–H groups in total. The molecule has 0 aliphatic heterocycles. The Balaban J connectivity index is 2.84. The second-order valence-corrected chi connectivity index (χ2v) is 9.57. The van der Waals surface area contributed by atoms with E-state index in [2.05, 4.69) is 25.5 Å². The van der Waals surface area contributed by atoms with Crippen molar-refractivity contribution >= 4 is 21.8 Å². The molecular formula is C15H25NO3S2. The topological polar surface area (TPSA) is 55.4 Å². The Hall–Kier alpha value is -0.720. The molecular weight excluding hydrogens is 306 g/mol. The van der Waals surface area contributed by atoms with Gasteiger partial charge in [0.05, 0.1) is 12.0 Å². The first-order valence-corrected chi connectivity index (χ1v) is 9.32. The van der Waals surface area contributed by atoms with E-state index < -0.39 is 10.0 Å². The van der Waals surface area contributed by atoms with Crippen LogP contribution in [0.25, 0.3) is 0 Å². The van der Waals surface area contributed by atoms with Gasteiger partial charge in [-0.15, -0.1) is 0 Å². The van der Waals surface area contributed by atoms with Gasteiger partial charge in [-0.2, -0.15) is 11.8 Å². The van der Waals surface area contributed by atoms with Gasteiger partial charge in [0.15, 0.2) is 0 Å². The monoisotopic (exact) mass is 331 g/mol. The molecule has 0 bridgehead atoms. The summed E-state index contributed by atoms with van der Waals surface area (Å²) in [7, 11) is -1.91. The van der Waals surface area contributed by atoms with E-state index in [0.29, 0.717) is 28.3 Å². The molecule has 1 aromatic carbocycles. The Kier molecular flexibility index (Phi) is 6.13. The van der Waals surface area contributed by atoms with Crippen molar-refractivity contribution in [3.63, 3.8) is 0 Å². The number of rotatable bonds is 6. The van der Waals surface area contributed by atoms with Crippen molar-refractivity contribution in [3.8, 4) is 5.75 Å². The molecule has 0 saturated heterocycles. The normalized spacial score (nSPS) is 12.5. The molecule has 0 spiro atoms. The largest absolute Gasteiger partial charge is 0.497 e. The number of sulfonamides is 1. The van der Waals surface area contributed by atoms with Crippen molar-refractivity contribution < 1.29 is 13.2 Å². The van der Waals surface area contributed by atoms with Crippen LogP contribution in [0.4, 0.5) is 0 Å². The van der Waals surface area contributed by atoms with Gasteiger partial charge in [0.1, 0.15) is 5.75 Å². The minimum Gasteiger partial charge on any atom is -0.497 e. The van der Waals surface area contributed by atoms with Gasteiger partial charge in [-0.05, 0) is 37.1 Å². The van der Waals surface area contributed by atoms with Crippen LogP contribution in [-0.2, 0) is 10.0 Å². The van der Waals surface area contributed by atoms with Crippen LogP contribution in [0.5, 0.6) is 5.75 Å². The molecule has 0 amide bonds. The van der Waals surface area contributed by atoms with Crippen LogP contribution in [0.3, 0.4) is 0 Å². The highest BCUT2D eigenvalue weighted by Crippen LogP contribution is 2.26. The molecule has 1 rings (SSSR count). The predicted molar refractivity (Wildman–Crippen MR) is 89.9 cm³/mol. The lowest BCUT2D eigenvalue weighted by molar-refractivity contribution is 0.413. The third kappa shape index (κ3) is 5.52. The Bertz CT molecular complexity index is 566. The third-order valence-electron chi connectivity index (χ3n) is 2.87. The van der Waals surface area contributed by atoms with Gasteiger partial charge in [-0.3, -0.25) is 0 Å². The second-order valence-electron chi connectivity index (χ2n) is 5.95. The number of benzene rings is 1. The van der Waals surface area contributed by atoms with Gasteiger partial charge in [0, 0.05) is 17.0 Å². The zero-order valence-electron chi connectivity index (χ0n) is 13.6. The average Bonchev–Trinajstić information content (AvgIpc) is 2.32. The quantitative estimate of drug-likeness (QED) is 0.814. The highest BCUT2D eigenvalue weighted by Gasteiger charge is 2.20. The van der Waals surface area contributed by atoms with Gasteiger partial charge in [-0.25, -0.2) is 13.1 Å². The van der Waals surface area contributed by atoms with E-state index in [4.69, 9.17) is 4.74 Å². The summed E-state index contributed by atoms with van der Waals surface area (Å²) in [5, 5.41) is 0. The lowest BCUT2D eigenvalue weighted by Crippen LogP contribution is -2.28. The summed E-state index contributed by atoms with van der Waals surface area (Å²) in [6.07, 6.45) is 0. The van der Waals surface area contributed by atoms with E-state index in [1.807, 2.05) is 0 Å². The maximum absolute atomic E-state index is 12.4. The molecule has 4 nitrogen and oxygen atoms in total. The fourth-order valence-electron chi connectivity index (χ4n) is 2.06. The Morgan fingerprint density at radius 2 is 1.71 bits per heavy atom. The van der Waals surface area contributed by atoms with Crippen LogP contribution in [0.15, 0.2) is 17.0 Å². The van der Waals surface area contributed by atoms with Crippen molar-refractivity contribution in [1.29, 1.82) is 0 Å². The zero-order chi connectivity index (χ0) is 16.3. The molecule has 21 heavy (non-hydrogen) atoms. The Morgan fingerprint density at radius 3 is 2.14 bits per heavy atom. The molecule has 0 aliphatic carbocycles. The molecule has 0 atom stereocenters. The van der Waals surface area contributed by atoms with Gasteiger partial charge in [0.2, 0.25) is 10.0 Å². The number of ether oxygens (including phenoxy) is 1. The number of hydrogen-bond acceptors (Lipinski definition) is 4. The average molecular weight is 332 g/mol. The molecule has 1 aromatic rings. The Morgan fingerprint density at radius 1 is 1.19 bits per heavy atom. The SMILES string of the molecule is COc1cc(C)c(S(=O)(=O)NCCSC(C)(C)C)c(C)c1. The van der Waals surface area contributed by atoms with Crippen LogP contribution in [-0.4, -0.2) is 32.6 Å². The molecule has 0 radical (unpaired) electrons. The minimum atomic E-state index is -3.48. The van der Waals surface area contributed by atoms with Gasteiger partial charge < -0.3 is 4.74 Å². The van der Waals surface area contributed by atoms with Gasteiger partial charge >= 0.3 is 0 Å². The van der Waals surface area contributed by atoms with Crippen molar-refractivity contribution in [3.05, 3.63) is 23.3 Å². The first kappa shape index (κ1) is 18.3. The molecule has 0 saturated carbocycles. The zero-order valence-corrected chi connectivity index (χ0v) is 15.2. The summed E-state index contributed by atoms with van der Waals surface area (Å²) >= 11 is 1.74. The summed E-state index contributed by atoms with van der Waals surface area (Å²) in [6.45, 7) is 10.3. The maximum atomic E-state index is 12.4. The van der Waals surface area contributed by atoms with E-state index in [1.54, 1.807) is 44.9 Å². The molecule has 0 heterocycles. The van der Waals surface area contributed by atoms with E-state index >= 15 is 0 Å². The van der Waals surface area contributed by atoms with Gasteiger partial charge in [0.25, 0.3) is 0 Å². The summed E-state index contributed by atoms with van der Waals surface area (Å²) in [4.78, 5) is 0.351. The van der Waals surface area contributed by atoms with Crippen LogP contribution in [0, 0.1) is 13.8 Å². The number of hydrogen-bond donors (Lipinski definition) is 1. The maximum Gasteiger partial charge on any atom is 0.241 e. The molecule has 0 fully saturated rings. The van der Waals surface area contributed by atoms with E-state index in [1.165, 1.54) is 0 Å². The highest BCUT2D eigenvalue weighted by atomic mass is 32.2. The fourth-order valence-corrected chi connectivity index (χ4v) is 4.48. The lowest BCUT2D eigenvalue weighted by atomic mass is 10.1. The molecule has 6 heteroatoms. The summed E-state index contributed by atoms with van der Waals surface area (Å²) in [5.41, 5.74) is 1.39. The smallest absolute Gasteiger partial charge is 0.241 e. The van der Waals surface area contributed by atoms with Crippen LogP contribution in [0.1, 0.15) is 31.9 Å². The number of nitrogens with one attached hydrogen (secondary N) is 1. The van der Waals surface area contributed by atoms with E-state index in [-0.39, 0.29) is 4.75 Å². The standard InChI is InChI=1S/C15H25NO3S2/c1-11-9-13(19-6)10-12(2)14(11)21(17,18)16-7-8-20-15(3,4)5/h9-10,16H,7-8H2,1-6H3. The molecule has 120 valence electrons. The minimum absolute atomic E-state index is 0.136. The molecule has 0 aromatic heterocycles. The Labute approximate surface area is 132 Å². The lowest BCUT2D eigenvalue weighted by Gasteiger charge is -2.18. The first-order valence-electron chi connectivity index (χ1n) is 6.86. The highest BCUT2D eigenvalue weighted by molar-refractivity contribution is 8.00. The summed E-state index contributed by atoms with van der Waals surface area (Å²) < 4.78 is 32.8. The first-order chi connectivity index (χ1) is 9.57. The van der Waals surface area contributed by atoms with Crippen molar-refractivity contribution in [2.24, 2.45) is 0 Å².